The van der Waals surface area contributed by atoms with Crippen molar-refractivity contribution in [1.82, 2.24) is 19.8 Å². The number of nitrogens with zero attached hydrogens (tertiary/aromatic N) is 3. The van der Waals surface area contributed by atoms with Crippen LogP contribution in [0.15, 0.2) is 23.8 Å². The molecule has 21 heavy (non-hydrogen) atoms. The van der Waals surface area contributed by atoms with Crippen LogP contribution in [0.1, 0.15) is 21.5 Å². The number of imidazole rings is 1. The van der Waals surface area contributed by atoms with Gasteiger partial charge >= 0.3 is 0 Å². The molecule has 0 spiro atoms. The number of thiophene rings is 1. The van der Waals surface area contributed by atoms with Crippen molar-refractivity contribution in [2.24, 2.45) is 0 Å². The second-order valence-corrected chi connectivity index (χ2v) is 5.96. The third-order valence-corrected chi connectivity index (χ3v) is 4.70. The molecule has 3 rings (SSSR count). The van der Waals surface area contributed by atoms with Crippen LogP contribution in [0, 0.1) is 0 Å². The molecule has 7 heteroatoms. The van der Waals surface area contributed by atoms with Gasteiger partial charge in [0, 0.05) is 32.0 Å². The van der Waals surface area contributed by atoms with Gasteiger partial charge in [0.1, 0.15) is 16.5 Å². The fourth-order valence-corrected chi connectivity index (χ4v) is 3.40. The minimum Gasteiger partial charge on any atom is -0.495 e. The zero-order valence-electron chi connectivity index (χ0n) is 12.1. The highest BCUT2D eigenvalue weighted by Crippen LogP contribution is 2.28. The number of rotatable bonds is 3. The Morgan fingerprint density at radius 3 is 3.10 bits per heavy atom. The van der Waals surface area contributed by atoms with Crippen LogP contribution in [0.3, 0.4) is 0 Å². The van der Waals surface area contributed by atoms with Crippen LogP contribution in [-0.4, -0.2) is 59.5 Å². The number of carbonyl (C=O) groups is 1. The van der Waals surface area contributed by atoms with E-state index in [0.717, 1.165) is 12.4 Å². The summed E-state index contributed by atoms with van der Waals surface area (Å²) in [6.45, 7) is 2.17. The summed E-state index contributed by atoms with van der Waals surface area (Å²) in [6, 6.07) is 1.93. The summed E-state index contributed by atoms with van der Waals surface area (Å²) in [4.78, 5) is 24.9. The zero-order valence-corrected chi connectivity index (χ0v) is 12.9. The summed E-state index contributed by atoms with van der Waals surface area (Å²) < 4.78 is 5.25. The van der Waals surface area contributed by atoms with Crippen molar-refractivity contribution < 1.29 is 9.53 Å². The minimum atomic E-state index is 0.0338. The third-order valence-electron chi connectivity index (χ3n) is 3.81. The smallest absolute Gasteiger partial charge is 0.267 e. The van der Waals surface area contributed by atoms with Gasteiger partial charge in [-0.3, -0.25) is 9.69 Å². The largest absolute Gasteiger partial charge is 0.495 e. The molecule has 1 amide bonds. The van der Waals surface area contributed by atoms with Crippen molar-refractivity contribution in [3.8, 4) is 5.75 Å². The summed E-state index contributed by atoms with van der Waals surface area (Å²) in [5.41, 5.74) is 0. The zero-order chi connectivity index (χ0) is 14.8. The lowest BCUT2D eigenvalue weighted by atomic mass is 10.1. The molecule has 1 saturated heterocycles. The number of H-pyrrole nitrogens is 1. The molecular formula is C14H18N4O2S. The first-order chi connectivity index (χ1) is 10.2. The number of hydrogen-bond acceptors (Lipinski definition) is 5. The van der Waals surface area contributed by atoms with E-state index in [1.54, 1.807) is 13.3 Å². The van der Waals surface area contributed by atoms with Gasteiger partial charge in [-0.05, 0) is 18.5 Å². The molecule has 2 aromatic rings. The van der Waals surface area contributed by atoms with E-state index < -0.39 is 0 Å². The normalized spacial score (nSPS) is 19.7. The molecular weight excluding hydrogens is 288 g/mol. The average molecular weight is 306 g/mol. The highest BCUT2D eigenvalue weighted by molar-refractivity contribution is 7.12. The fraction of sp³-hybridized carbons (Fsp3) is 0.429. The summed E-state index contributed by atoms with van der Waals surface area (Å²) >= 11 is 1.42. The lowest BCUT2D eigenvalue weighted by molar-refractivity contribution is 0.0536. The van der Waals surface area contributed by atoms with Gasteiger partial charge in [-0.15, -0.1) is 11.3 Å². The first-order valence-electron chi connectivity index (χ1n) is 6.81. The molecule has 0 radical (unpaired) electrons. The van der Waals surface area contributed by atoms with Gasteiger partial charge in [-0.2, -0.15) is 0 Å². The highest BCUT2D eigenvalue weighted by Gasteiger charge is 2.31. The molecule has 6 nitrogen and oxygen atoms in total. The van der Waals surface area contributed by atoms with Gasteiger partial charge in [0.2, 0.25) is 0 Å². The minimum absolute atomic E-state index is 0.0338. The quantitative estimate of drug-likeness (QED) is 0.936. The van der Waals surface area contributed by atoms with Gasteiger partial charge in [0.05, 0.1) is 13.2 Å². The van der Waals surface area contributed by atoms with Crippen molar-refractivity contribution in [3.63, 3.8) is 0 Å². The number of aromatic nitrogens is 2. The topological polar surface area (TPSA) is 61.5 Å². The lowest BCUT2D eigenvalue weighted by Crippen LogP contribution is -2.49. The van der Waals surface area contributed by atoms with Gasteiger partial charge in [-0.1, -0.05) is 0 Å². The van der Waals surface area contributed by atoms with E-state index in [9.17, 15) is 4.79 Å². The monoisotopic (exact) mass is 306 g/mol. The van der Waals surface area contributed by atoms with E-state index >= 15 is 0 Å². The van der Waals surface area contributed by atoms with Gasteiger partial charge in [0.15, 0.2) is 0 Å². The summed E-state index contributed by atoms with van der Waals surface area (Å²) in [5.74, 6) is 1.58. The van der Waals surface area contributed by atoms with Crippen LogP contribution in [0.2, 0.25) is 0 Å². The number of hydrogen-bond donors (Lipinski definition) is 1. The van der Waals surface area contributed by atoms with Crippen molar-refractivity contribution in [1.29, 1.82) is 0 Å². The molecule has 1 aliphatic heterocycles. The van der Waals surface area contributed by atoms with E-state index in [4.69, 9.17) is 4.74 Å². The summed E-state index contributed by atoms with van der Waals surface area (Å²) in [5, 5.41) is 1.88. The van der Waals surface area contributed by atoms with Crippen LogP contribution in [0.5, 0.6) is 5.75 Å². The Hall–Kier alpha value is -1.86. The SMILES string of the molecule is COc1ccsc1C(=O)N1CCN(C)C(c2ncc[nH]2)C1. The van der Waals surface area contributed by atoms with E-state index in [0.29, 0.717) is 23.7 Å². The molecule has 112 valence electrons. The van der Waals surface area contributed by atoms with Crippen molar-refractivity contribution in [2.75, 3.05) is 33.8 Å². The first kappa shape index (κ1) is 14.1. The maximum atomic E-state index is 12.7. The van der Waals surface area contributed by atoms with Crippen LogP contribution in [0.25, 0.3) is 0 Å². The Morgan fingerprint density at radius 2 is 2.38 bits per heavy atom. The van der Waals surface area contributed by atoms with Gasteiger partial charge in [-0.25, -0.2) is 4.98 Å². The molecule has 0 aliphatic carbocycles. The molecule has 1 unspecified atom stereocenters. The molecule has 0 saturated carbocycles. The Morgan fingerprint density at radius 1 is 1.52 bits per heavy atom. The Labute approximate surface area is 127 Å². The van der Waals surface area contributed by atoms with Gasteiger partial charge in [0.25, 0.3) is 5.91 Å². The number of piperazine rings is 1. The first-order valence-corrected chi connectivity index (χ1v) is 7.69. The number of carbonyl (C=O) groups excluding carboxylic acids is 1. The van der Waals surface area contributed by atoms with E-state index in [1.165, 1.54) is 11.3 Å². The predicted octanol–water partition coefficient (Wildman–Crippen LogP) is 1.61. The Bertz CT molecular complexity index is 610. The standard InChI is InChI=1S/C14H18N4O2S/c1-17-6-7-18(9-10(17)13-15-4-5-16-13)14(19)12-11(20-2)3-8-21-12/h3-5,8,10H,6-7,9H2,1-2H3,(H,15,16). The average Bonchev–Trinajstić information content (AvgIpc) is 3.18. The molecule has 0 aromatic carbocycles. The maximum absolute atomic E-state index is 12.7. The highest BCUT2D eigenvalue weighted by atomic mass is 32.1. The predicted molar refractivity (Wildman–Crippen MR) is 80.7 cm³/mol. The van der Waals surface area contributed by atoms with E-state index in [-0.39, 0.29) is 11.9 Å². The fourth-order valence-electron chi connectivity index (χ4n) is 2.57. The summed E-state index contributed by atoms with van der Waals surface area (Å²) in [6.07, 6.45) is 3.55. The molecule has 2 aromatic heterocycles. The number of likely N-dealkylation sites (N-methyl/N-ethyl adjacent to an activating group) is 1. The molecule has 3 heterocycles. The third kappa shape index (κ3) is 2.66. The molecule has 1 aliphatic rings. The molecule has 1 N–H and O–H groups in total. The second kappa shape index (κ2) is 5.87. The molecule has 1 atom stereocenters. The van der Waals surface area contributed by atoms with Crippen LogP contribution in [-0.2, 0) is 0 Å². The number of ether oxygens (including phenoxy) is 1. The van der Waals surface area contributed by atoms with Gasteiger partial charge < -0.3 is 14.6 Å². The van der Waals surface area contributed by atoms with Crippen molar-refractivity contribution in [3.05, 3.63) is 34.5 Å². The Kier molecular flexibility index (Phi) is 3.94. The van der Waals surface area contributed by atoms with E-state index in [1.807, 2.05) is 22.5 Å². The lowest BCUT2D eigenvalue weighted by Gasteiger charge is -2.38. The van der Waals surface area contributed by atoms with Crippen molar-refractivity contribution >= 4 is 17.2 Å². The van der Waals surface area contributed by atoms with Crippen LogP contribution in [0.4, 0.5) is 0 Å². The second-order valence-electron chi connectivity index (χ2n) is 5.04. The van der Waals surface area contributed by atoms with Crippen molar-refractivity contribution in [2.45, 2.75) is 6.04 Å². The molecule has 0 bridgehead atoms. The van der Waals surface area contributed by atoms with Crippen LogP contribution >= 0.6 is 11.3 Å². The molecule has 1 fully saturated rings. The number of amides is 1. The van der Waals surface area contributed by atoms with E-state index in [2.05, 4.69) is 21.9 Å². The number of methoxy groups -OCH3 is 1. The number of aromatic amines is 1. The number of nitrogens with one attached hydrogen (secondary N) is 1. The van der Waals surface area contributed by atoms with Crippen LogP contribution < -0.4 is 4.74 Å². The Balaban J connectivity index is 1.79. The maximum Gasteiger partial charge on any atom is 0.267 e. The summed E-state index contributed by atoms with van der Waals surface area (Å²) in [7, 11) is 3.65.